The second kappa shape index (κ2) is 10.0. The molecule has 0 unspecified atom stereocenters. The number of fused-ring (bicyclic) bond motifs is 1. The summed E-state index contributed by atoms with van der Waals surface area (Å²) in [6.07, 6.45) is 5.91. The van der Waals surface area contributed by atoms with Crippen molar-refractivity contribution in [2.45, 2.75) is 39.3 Å². The average Bonchev–Trinajstić information content (AvgIpc) is 3.18. The van der Waals surface area contributed by atoms with E-state index in [2.05, 4.69) is 17.3 Å². The number of rotatable bonds is 7. The lowest BCUT2D eigenvalue weighted by molar-refractivity contribution is -0.122. The van der Waals surface area contributed by atoms with Crippen molar-refractivity contribution < 1.29 is 9.53 Å². The number of nitrogens with one attached hydrogen (secondary N) is 1. The second-order valence-electron chi connectivity index (χ2n) is 9.16. The van der Waals surface area contributed by atoms with Gasteiger partial charge in [-0.2, -0.15) is 0 Å². The monoisotopic (exact) mass is 470 g/mol. The maximum Gasteiger partial charge on any atom is 0.275 e. The minimum absolute atomic E-state index is 0.0144. The third-order valence-corrected chi connectivity index (χ3v) is 6.27. The molecule has 1 amide bonds. The number of hydrogen-bond acceptors (Lipinski definition) is 4. The minimum atomic E-state index is -0.250. The summed E-state index contributed by atoms with van der Waals surface area (Å²) in [6, 6.07) is 9.03. The van der Waals surface area contributed by atoms with Crippen LogP contribution in [-0.2, 0) is 11.3 Å². The molecule has 3 aromatic rings. The topological polar surface area (TPSA) is 68.0 Å². The van der Waals surface area contributed by atoms with Crippen LogP contribution in [0, 0.1) is 5.92 Å². The molecule has 0 radical (unpaired) electrons. The second-order valence-corrected chi connectivity index (χ2v) is 9.60. The molecule has 2 aromatic heterocycles. The molecule has 1 fully saturated rings. The van der Waals surface area contributed by atoms with Gasteiger partial charge in [-0.1, -0.05) is 23.7 Å². The first-order valence-electron chi connectivity index (χ1n) is 11.4. The first-order valence-corrected chi connectivity index (χ1v) is 11.8. The van der Waals surface area contributed by atoms with Crippen LogP contribution in [0.5, 0.6) is 5.75 Å². The number of aromatic nitrogens is 2. The number of ether oxygens (including phenoxy) is 1. The maximum atomic E-state index is 13.5. The summed E-state index contributed by atoms with van der Waals surface area (Å²) < 4.78 is 9.35. The molecule has 4 rings (SSSR count). The van der Waals surface area contributed by atoms with Crippen molar-refractivity contribution in [3.05, 3.63) is 58.1 Å². The highest BCUT2D eigenvalue weighted by atomic mass is 35.5. The van der Waals surface area contributed by atoms with E-state index >= 15 is 0 Å². The van der Waals surface area contributed by atoms with Crippen LogP contribution in [0.2, 0.25) is 5.02 Å². The first kappa shape index (κ1) is 23.4. The molecule has 0 aliphatic carbocycles. The normalized spacial score (nSPS) is 15.3. The molecule has 0 spiro atoms. The van der Waals surface area contributed by atoms with Gasteiger partial charge in [-0.15, -0.1) is 0 Å². The van der Waals surface area contributed by atoms with Crippen molar-refractivity contribution >= 4 is 23.0 Å². The maximum absolute atomic E-state index is 13.5. The van der Waals surface area contributed by atoms with Crippen LogP contribution in [0.3, 0.4) is 0 Å². The molecule has 8 heteroatoms. The van der Waals surface area contributed by atoms with Crippen LogP contribution in [0.25, 0.3) is 16.8 Å². The predicted molar refractivity (Wildman–Crippen MR) is 131 cm³/mol. The van der Waals surface area contributed by atoms with E-state index < -0.39 is 0 Å². The number of halogens is 1. The van der Waals surface area contributed by atoms with Gasteiger partial charge in [0.2, 0.25) is 5.91 Å². The number of benzene rings is 1. The lowest BCUT2D eigenvalue weighted by Gasteiger charge is -2.28. The van der Waals surface area contributed by atoms with Crippen molar-refractivity contribution in [3.8, 4) is 17.0 Å². The van der Waals surface area contributed by atoms with Crippen molar-refractivity contribution in [2.24, 2.45) is 5.92 Å². The van der Waals surface area contributed by atoms with Crippen LogP contribution in [0.1, 0.15) is 26.7 Å². The largest absolute Gasteiger partial charge is 0.492 e. The molecule has 0 saturated carbocycles. The summed E-state index contributed by atoms with van der Waals surface area (Å²) in [5.74, 6) is 0.958. The Labute approximate surface area is 198 Å². The molecule has 1 aromatic carbocycles. The van der Waals surface area contributed by atoms with Gasteiger partial charge in [0.05, 0.1) is 18.5 Å². The minimum Gasteiger partial charge on any atom is -0.492 e. The van der Waals surface area contributed by atoms with Crippen LogP contribution in [0.15, 0.2) is 47.5 Å². The third-order valence-electron chi connectivity index (χ3n) is 6.04. The molecule has 33 heavy (non-hydrogen) atoms. The highest BCUT2D eigenvalue weighted by molar-refractivity contribution is 6.30. The summed E-state index contributed by atoms with van der Waals surface area (Å²) in [7, 11) is 2.14. The van der Waals surface area contributed by atoms with E-state index in [1.165, 1.54) is 4.57 Å². The average molecular weight is 471 g/mol. The van der Waals surface area contributed by atoms with Crippen molar-refractivity contribution in [1.82, 2.24) is 19.2 Å². The molecule has 1 N–H and O–H groups in total. The standard InChI is InChI=1S/C25H31ClN4O3/c1-17(2)27-24(31)15-30-23(19-5-4-6-20(26)11-19)14-29-13-21(12-22(29)25(30)32)33-16-18-7-9-28(3)10-8-18/h4-6,11-14,17-18H,7-10,15-16H2,1-3H3,(H,27,31). The van der Waals surface area contributed by atoms with Crippen LogP contribution in [-0.4, -0.2) is 52.6 Å². The Bertz CT molecular complexity index is 1190. The van der Waals surface area contributed by atoms with Crippen molar-refractivity contribution in [1.29, 1.82) is 0 Å². The van der Waals surface area contributed by atoms with Gasteiger partial charge >= 0.3 is 0 Å². The van der Waals surface area contributed by atoms with Gasteiger partial charge in [0.15, 0.2) is 0 Å². The highest BCUT2D eigenvalue weighted by Gasteiger charge is 2.19. The Balaban J connectivity index is 1.67. The van der Waals surface area contributed by atoms with E-state index in [0.29, 0.717) is 34.5 Å². The van der Waals surface area contributed by atoms with E-state index in [1.54, 1.807) is 22.6 Å². The number of likely N-dealkylation sites (tertiary alicyclic amines) is 1. The molecule has 176 valence electrons. The zero-order valence-corrected chi connectivity index (χ0v) is 20.1. The molecule has 1 aliphatic rings. The Kier molecular flexibility index (Phi) is 7.10. The van der Waals surface area contributed by atoms with Crippen molar-refractivity contribution in [2.75, 3.05) is 26.7 Å². The van der Waals surface area contributed by atoms with E-state index in [4.69, 9.17) is 16.3 Å². The fraction of sp³-hybridized carbons (Fsp3) is 0.440. The van der Waals surface area contributed by atoms with E-state index in [0.717, 1.165) is 31.5 Å². The number of hydrogen-bond donors (Lipinski definition) is 1. The summed E-state index contributed by atoms with van der Waals surface area (Å²) in [5.41, 5.74) is 1.60. The highest BCUT2D eigenvalue weighted by Crippen LogP contribution is 2.25. The van der Waals surface area contributed by atoms with Gasteiger partial charge in [0, 0.05) is 28.9 Å². The smallest absolute Gasteiger partial charge is 0.275 e. The number of carbonyl (C=O) groups is 1. The Hall–Kier alpha value is -2.77. The van der Waals surface area contributed by atoms with Crippen molar-refractivity contribution in [3.63, 3.8) is 0 Å². The zero-order chi connectivity index (χ0) is 23.5. The zero-order valence-electron chi connectivity index (χ0n) is 19.4. The van der Waals surface area contributed by atoms with Crippen LogP contribution < -0.4 is 15.6 Å². The van der Waals surface area contributed by atoms with Gasteiger partial charge in [-0.25, -0.2) is 0 Å². The number of nitrogens with zero attached hydrogens (tertiary/aromatic N) is 3. The van der Waals surface area contributed by atoms with E-state index in [9.17, 15) is 9.59 Å². The molecular formula is C25H31ClN4O3. The Morgan fingerprint density at radius 2 is 1.97 bits per heavy atom. The van der Waals surface area contributed by atoms with E-state index in [1.807, 2.05) is 38.4 Å². The fourth-order valence-corrected chi connectivity index (χ4v) is 4.44. The molecule has 3 heterocycles. The van der Waals surface area contributed by atoms with Gasteiger partial charge < -0.3 is 19.4 Å². The molecule has 7 nitrogen and oxygen atoms in total. The Morgan fingerprint density at radius 1 is 1.21 bits per heavy atom. The molecular weight excluding hydrogens is 440 g/mol. The summed E-state index contributed by atoms with van der Waals surface area (Å²) in [6.45, 7) is 6.50. The molecule has 0 bridgehead atoms. The predicted octanol–water partition coefficient (Wildman–Crippen LogP) is 3.67. The van der Waals surface area contributed by atoms with E-state index in [-0.39, 0.29) is 24.1 Å². The Morgan fingerprint density at radius 3 is 2.67 bits per heavy atom. The number of piperidine rings is 1. The SMILES string of the molecule is CC(C)NC(=O)Cn1c(-c2cccc(Cl)c2)cn2cc(OCC3CCN(C)CC3)cc2c1=O. The van der Waals surface area contributed by atoms with Gasteiger partial charge in [-0.05, 0) is 64.9 Å². The summed E-state index contributed by atoms with van der Waals surface area (Å²) >= 11 is 6.21. The quantitative estimate of drug-likeness (QED) is 0.572. The summed E-state index contributed by atoms with van der Waals surface area (Å²) in [4.78, 5) is 28.3. The molecule has 0 atom stereocenters. The van der Waals surface area contributed by atoms with Crippen LogP contribution in [0.4, 0.5) is 0 Å². The number of carbonyl (C=O) groups excluding carboxylic acids is 1. The molecule has 1 saturated heterocycles. The lowest BCUT2D eigenvalue weighted by Crippen LogP contribution is -2.36. The lowest BCUT2D eigenvalue weighted by atomic mass is 9.98. The summed E-state index contributed by atoms with van der Waals surface area (Å²) in [5, 5.41) is 3.42. The number of amides is 1. The fourth-order valence-electron chi connectivity index (χ4n) is 4.25. The third kappa shape index (κ3) is 5.60. The van der Waals surface area contributed by atoms with Gasteiger partial charge in [0.1, 0.15) is 17.8 Å². The van der Waals surface area contributed by atoms with Gasteiger partial charge in [0.25, 0.3) is 5.56 Å². The molecule has 1 aliphatic heterocycles. The van der Waals surface area contributed by atoms with Gasteiger partial charge in [-0.3, -0.25) is 14.2 Å². The first-order chi connectivity index (χ1) is 15.8. The van der Waals surface area contributed by atoms with Crippen LogP contribution >= 0.6 is 11.6 Å².